The SMILES string of the molecule is O=C(O)C1CC(O)CN1S(=O)(=O)c1ccc(Br)s1. The van der Waals surface area contributed by atoms with Crippen molar-refractivity contribution in [3.63, 3.8) is 0 Å². The Morgan fingerprint density at radius 1 is 1.50 bits per heavy atom. The second kappa shape index (κ2) is 4.89. The topological polar surface area (TPSA) is 94.9 Å². The lowest BCUT2D eigenvalue weighted by molar-refractivity contribution is -0.140. The number of carboxylic acid groups (broad SMARTS) is 1. The maximum absolute atomic E-state index is 12.2. The van der Waals surface area contributed by atoms with Crippen molar-refractivity contribution in [1.82, 2.24) is 4.31 Å². The van der Waals surface area contributed by atoms with Crippen LogP contribution in [0.3, 0.4) is 0 Å². The number of hydrogen-bond donors (Lipinski definition) is 2. The summed E-state index contributed by atoms with van der Waals surface area (Å²) in [7, 11) is -3.86. The first-order chi connectivity index (χ1) is 8.32. The highest BCUT2D eigenvalue weighted by molar-refractivity contribution is 9.11. The van der Waals surface area contributed by atoms with Gasteiger partial charge in [0.2, 0.25) is 0 Å². The average Bonchev–Trinajstić information content (AvgIpc) is 2.84. The molecule has 1 saturated heterocycles. The van der Waals surface area contributed by atoms with Crippen LogP contribution in [0.4, 0.5) is 0 Å². The standard InChI is InChI=1S/C9H10BrNO5S2/c10-7-1-2-8(17-7)18(15,16)11-4-5(12)3-6(11)9(13)14/h1-2,5-6,12H,3-4H2,(H,13,14). The summed E-state index contributed by atoms with van der Waals surface area (Å²) in [6.07, 6.45) is -1.02. The molecule has 9 heteroatoms. The number of thiophene rings is 1. The Bertz CT molecular complexity index is 569. The van der Waals surface area contributed by atoms with Crippen LogP contribution in [0, 0.1) is 0 Å². The number of aliphatic hydroxyl groups excluding tert-OH is 1. The van der Waals surface area contributed by atoms with Crippen molar-refractivity contribution in [2.45, 2.75) is 22.8 Å². The van der Waals surface area contributed by atoms with Crippen molar-refractivity contribution >= 4 is 43.3 Å². The molecule has 2 heterocycles. The molecule has 0 amide bonds. The van der Waals surface area contributed by atoms with Crippen LogP contribution in [0.5, 0.6) is 0 Å². The molecular weight excluding hydrogens is 346 g/mol. The van der Waals surface area contributed by atoms with Crippen molar-refractivity contribution in [2.24, 2.45) is 0 Å². The molecule has 2 atom stereocenters. The lowest BCUT2D eigenvalue weighted by Gasteiger charge is -2.19. The summed E-state index contributed by atoms with van der Waals surface area (Å²) in [5.41, 5.74) is 0. The Hall–Kier alpha value is -0.480. The van der Waals surface area contributed by atoms with Crippen molar-refractivity contribution in [2.75, 3.05) is 6.54 Å². The first-order valence-corrected chi connectivity index (χ1v) is 8.05. The predicted octanol–water partition coefficient (Wildman–Crippen LogP) is 0.719. The molecule has 0 aliphatic carbocycles. The first-order valence-electron chi connectivity index (χ1n) is 5.00. The van der Waals surface area contributed by atoms with Gasteiger partial charge in [0.15, 0.2) is 0 Å². The highest BCUT2D eigenvalue weighted by Gasteiger charge is 2.43. The number of aliphatic hydroxyl groups is 1. The number of nitrogens with zero attached hydrogens (tertiary/aromatic N) is 1. The van der Waals surface area contributed by atoms with Crippen LogP contribution in [0.1, 0.15) is 6.42 Å². The molecule has 1 aliphatic rings. The third-order valence-electron chi connectivity index (χ3n) is 2.63. The molecule has 0 radical (unpaired) electrons. The molecule has 2 N–H and O–H groups in total. The summed E-state index contributed by atoms with van der Waals surface area (Å²) in [5, 5.41) is 18.5. The molecule has 0 aromatic carbocycles. The van der Waals surface area contributed by atoms with Crippen LogP contribution in [0.25, 0.3) is 0 Å². The van der Waals surface area contributed by atoms with Gasteiger partial charge < -0.3 is 10.2 Å². The zero-order valence-corrected chi connectivity index (χ0v) is 12.2. The zero-order valence-electron chi connectivity index (χ0n) is 8.98. The minimum atomic E-state index is -3.86. The molecule has 100 valence electrons. The lowest BCUT2D eigenvalue weighted by atomic mass is 10.2. The minimum Gasteiger partial charge on any atom is -0.480 e. The van der Waals surface area contributed by atoms with Gasteiger partial charge in [-0.15, -0.1) is 11.3 Å². The van der Waals surface area contributed by atoms with E-state index in [1.54, 1.807) is 6.07 Å². The van der Waals surface area contributed by atoms with Gasteiger partial charge in [-0.3, -0.25) is 4.79 Å². The molecule has 0 spiro atoms. The van der Waals surface area contributed by atoms with E-state index in [1.165, 1.54) is 6.07 Å². The molecule has 18 heavy (non-hydrogen) atoms. The van der Waals surface area contributed by atoms with Gasteiger partial charge in [0, 0.05) is 13.0 Å². The number of sulfonamides is 1. The highest BCUT2D eigenvalue weighted by atomic mass is 79.9. The van der Waals surface area contributed by atoms with E-state index in [0.29, 0.717) is 3.79 Å². The van der Waals surface area contributed by atoms with Gasteiger partial charge in [0.1, 0.15) is 10.3 Å². The van der Waals surface area contributed by atoms with Gasteiger partial charge in [0.05, 0.1) is 9.89 Å². The van der Waals surface area contributed by atoms with Gasteiger partial charge >= 0.3 is 5.97 Å². The van der Waals surface area contributed by atoms with Crippen molar-refractivity contribution in [3.05, 3.63) is 15.9 Å². The van der Waals surface area contributed by atoms with Gasteiger partial charge in [-0.25, -0.2) is 8.42 Å². The average molecular weight is 356 g/mol. The number of rotatable bonds is 3. The smallest absolute Gasteiger partial charge is 0.322 e. The molecular formula is C9H10BrNO5S2. The van der Waals surface area contributed by atoms with Crippen LogP contribution >= 0.6 is 27.3 Å². The van der Waals surface area contributed by atoms with Crippen LogP contribution in [-0.2, 0) is 14.8 Å². The van der Waals surface area contributed by atoms with Crippen LogP contribution < -0.4 is 0 Å². The molecule has 2 unspecified atom stereocenters. The molecule has 2 rings (SSSR count). The Morgan fingerprint density at radius 3 is 2.67 bits per heavy atom. The minimum absolute atomic E-state index is 0.0646. The Morgan fingerprint density at radius 2 is 2.17 bits per heavy atom. The molecule has 6 nitrogen and oxygen atoms in total. The third kappa shape index (κ3) is 2.45. The molecule has 1 aromatic rings. The van der Waals surface area contributed by atoms with Crippen molar-refractivity contribution in [3.8, 4) is 0 Å². The number of carbonyl (C=O) groups is 1. The molecule has 1 aromatic heterocycles. The molecule has 1 aliphatic heterocycles. The van der Waals surface area contributed by atoms with E-state index < -0.39 is 28.1 Å². The van der Waals surface area contributed by atoms with E-state index in [9.17, 15) is 18.3 Å². The second-order valence-corrected chi connectivity index (χ2v) is 8.46. The van der Waals surface area contributed by atoms with E-state index >= 15 is 0 Å². The monoisotopic (exact) mass is 355 g/mol. The largest absolute Gasteiger partial charge is 0.480 e. The van der Waals surface area contributed by atoms with Crippen LogP contribution in [0.15, 0.2) is 20.1 Å². The van der Waals surface area contributed by atoms with E-state index in [4.69, 9.17) is 5.11 Å². The molecule has 1 fully saturated rings. The van der Waals surface area contributed by atoms with Gasteiger partial charge in [0.25, 0.3) is 10.0 Å². The summed E-state index contributed by atoms with van der Waals surface area (Å²) in [4.78, 5) is 11.0. The van der Waals surface area contributed by atoms with Gasteiger partial charge in [-0.1, -0.05) is 0 Å². The van der Waals surface area contributed by atoms with Gasteiger partial charge in [-0.2, -0.15) is 4.31 Å². The van der Waals surface area contributed by atoms with Crippen LogP contribution in [0.2, 0.25) is 0 Å². The maximum atomic E-state index is 12.2. The molecule has 0 bridgehead atoms. The number of carboxylic acids is 1. The Labute approximate surface area is 116 Å². The fraction of sp³-hybridized carbons (Fsp3) is 0.444. The van der Waals surface area contributed by atoms with E-state index in [0.717, 1.165) is 15.6 Å². The fourth-order valence-electron chi connectivity index (χ4n) is 1.83. The second-order valence-electron chi connectivity index (χ2n) is 3.88. The quantitative estimate of drug-likeness (QED) is 0.832. The summed E-state index contributed by atoms with van der Waals surface area (Å²) >= 11 is 4.17. The first kappa shape index (κ1) is 13.9. The number of halogens is 1. The maximum Gasteiger partial charge on any atom is 0.322 e. The zero-order chi connectivity index (χ0) is 13.5. The summed E-state index contributed by atoms with van der Waals surface area (Å²) in [6.45, 7) is -0.186. The summed E-state index contributed by atoms with van der Waals surface area (Å²) in [6, 6.07) is 1.79. The Balaban J connectivity index is 2.38. The number of β-amino-alcohol motifs (C(OH)–C–C–N with tert-alkyl or cyclic N) is 1. The summed E-state index contributed by atoms with van der Waals surface area (Å²) in [5.74, 6) is -1.24. The Kier molecular flexibility index (Phi) is 3.79. The lowest BCUT2D eigenvalue weighted by Crippen LogP contribution is -2.40. The predicted molar refractivity (Wildman–Crippen MR) is 68.0 cm³/mol. The third-order valence-corrected chi connectivity index (χ3v) is 6.60. The van der Waals surface area contributed by atoms with Crippen molar-refractivity contribution < 1.29 is 23.4 Å². The summed E-state index contributed by atoms with van der Waals surface area (Å²) < 4.78 is 26.1. The number of aliphatic carboxylic acids is 1. The van der Waals surface area contributed by atoms with E-state index in [-0.39, 0.29) is 17.2 Å². The van der Waals surface area contributed by atoms with Crippen LogP contribution in [-0.4, -0.2) is 47.6 Å². The van der Waals surface area contributed by atoms with Gasteiger partial charge in [-0.05, 0) is 28.1 Å². The van der Waals surface area contributed by atoms with E-state index in [2.05, 4.69) is 15.9 Å². The molecule has 0 saturated carbocycles. The van der Waals surface area contributed by atoms with E-state index in [1.807, 2.05) is 0 Å². The van der Waals surface area contributed by atoms with Crippen molar-refractivity contribution in [1.29, 1.82) is 0 Å². The fourth-order valence-corrected chi connectivity index (χ4v) is 5.60. The highest BCUT2D eigenvalue weighted by Crippen LogP contribution is 2.32. The normalized spacial score (nSPS) is 25.4. The number of hydrogen-bond acceptors (Lipinski definition) is 5.